The van der Waals surface area contributed by atoms with Gasteiger partial charge in [-0.25, -0.2) is 13.6 Å². The number of para-hydroxylation sites is 1. The average molecular weight is 430 g/mol. The SMILES string of the molecule is NS(=O)(=O)c1ccc(N(c2ccccc2)C2(O)c3ccccc3C(=O)N2Cl)cc1. The van der Waals surface area contributed by atoms with Crippen molar-refractivity contribution in [1.82, 2.24) is 4.42 Å². The van der Waals surface area contributed by atoms with Crippen LogP contribution < -0.4 is 10.0 Å². The monoisotopic (exact) mass is 429 g/mol. The van der Waals surface area contributed by atoms with Gasteiger partial charge in [0.15, 0.2) is 0 Å². The number of fused-ring (bicyclic) bond motifs is 1. The third kappa shape index (κ3) is 3.06. The maximum atomic E-state index is 12.7. The lowest BCUT2D eigenvalue weighted by Crippen LogP contribution is -2.51. The summed E-state index contributed by atoms with van der Waals surface area (Å²) in [6.45, 7) is 0. The Bertz CT molecular complexity index is 1190. The maximum Gasteiger partial charge on any atom is 0.273 e. The Hall–Kier alpha value is -2.91. The van der Waals surface area contributed by atoms with Gasteiger partial charge in [0.05, 0.1) is 10.5 Å². The Kier molecular flexibility index (Phi) is 4.59. The predicted octanol–water partition coefficient (Wildman–Crippen LogP) is 2.88. The highest BCUT2D eigenvalue weighted by Crippen LogP contribution is 2.46. The van der Waals surface area contributed by atoms with E-state index in [4.69, 9.17) is 16.9 Å². The molecule has 1 aliphatic heterocycles. The number of aliphatic hydroxyl groups is 1. The van der Waals surface area contributed by atoms with Crippen molar-refractivity contribution in [2.75, 3.05) is 4.90 Å². The smallest absolute Gasteiger partial charge is 0.273 e. The second kappa shape index (κ2) is 6.85. The number of benzene rings is 3. The first kappa shape index (κ1) is 19.4. The molecule has 148 valence electrons. The highest BCUT2D eigenvalue weighted by Gasteiger charge is 2.53. The van der Waals surface area contributed by atoms with E-state index in [0.717, 1.165) is 4.42 Å². The van der Waals surface area contributed by atoms with Crippen LogP contribution in [0.25, 0.3) is 0 Å². The highest BCUT2D eigenvalue weighted by atomic mass is 35.5. The number of anilines is 2. The number of hydrogen-bond acceptors (Lipinski definition) is 5. The molecule has 0 saturated carbocycles. The second-order valence-corrected chi connectivity index (χ2v) is 8.38. The molecule has 1 atom stereocenters. The zero-order chi connectivity index (χ0) is 20.8. The Labute approximate surface area is 172 Å². The number of nitrogens with zero attached hydrogens (tertiary/aromatic N) is 2. The summed E-state index contributed by atoms with van der Waals surface area (Å²) < 4.78 is 23.9. The van der Waals surface area contributed by atoms with Crippen molar-refractivity contribution in [3.63, 3.8) is 0 Å². The molecule has 0 spiro atoms. The van der Waals surface area contributed by atoms with Gasteiger partial charge in [-0.15, -0.1) is 0 Å². The van der Waals surface area contributed by atoms with Gasteiger partial charge in [0, 0.05) is 28.7 Å². The van der Waals surface area contributed by atoms with Crippen LogP contribution in [-0.4, -0.2) is 23.9 Å². The van der Waals surface area contributed by atoms with Crippen LogP contribution in [0, 0.1) is 0 Å². The number of rotatable bonds is 4. The largest absolute Gasteiger partial charge is 0.349 e. The van der Waals surface area contributed by atoms with E-state index < -0.39 is 21.8 Å². The second-order valence-electron chi connectivity index (χ2n) is 6.48. The van der Waals surface area contributed by atoms with Gasteiger partial charge in [-0.2, -0.15) is 4.42 Å². The number of carbonyl (C=O) groups is 1. The quantitative estimate of drug-likeness (QED) is 0.490. The summed E-state index contributed by atoms with van der Waals surface area (Å²) >= 11 is 6.31. The summed E-state index contributed by atoms with van der Waals surface area (Å²) in [6, 6.07) is 21.0. The standard InChI is InChI=1S/C20H16ClN3O4S/c21-24-19(25)17-8-4-5-9-18(17)20(24,26)23(14-6-2-1-3-7-14)15-10-12-16(13-11-15)29(22,27)28/h1-13,26H,(H2,22,27,28). The van der Waals surface area contributed by atoms with Crippen LogP contribution in [0.2, 0.25) is 0 Å². The highest BCUT2D eigenvalue weighted by molar-refractivity contribution is 7.89. The number of hydrogen-bond donors (Lipinski definition) is 2. The predicted molar refractivity (Wildman–Crippen MR) is 109 cm³/mol. The van der Waals surface area contributed by atoms with Crippen molar-refractivity contribution in [2.45, 2.75) is 10.7 Å². The lowest BCUT2D eigenvalue weighted by Gasteiger charge is -2.41. The minimum atomic E-state index is -3.88. The summed E-state index contributed by atoms with van der Waals surface area (Å²) in [5.41, 5.74) is 1.52. The molecular formula is C20H16ClN3O4S. The zero-order valence-corrected chi connectivity index (χ0v) is 16.5. The van der Waals surface area contributed by atoms with Crippen LogP contribution in [0.15, 0.2) is 83.8 Å². The summed E-state index contributed by atoms with van der Waals surface area (Å²) in [5, 5.41) is 16.9. The molecule has 0 aliphatic carbocycles. The molecule has 3 aromatic carbocycles. The van der Waals surface area contributed by atoms with E-state index in [0.29, 0.717) is 16.9 Å². The summed E-state index contributed by atoms with van der Waals surface area (Å²) in [6.07, 6.45) is 0. The Morgan fingerprint density at radius 1 is 0.897 bits per heavy atom. The molecular weight excluding hydrogens is 414 g/mol. The molecule has 1 amide bonds. The molecule has 7 nitrogen and oxygen atoms in total. The topological polar surface area (TPSA) is 104 Å². The maximum absolute atomic E-state index is 12.7. The molecule has 0 aromatic heterocycles. The fraction of sp³-hybridized carbons (Fsp3) is 0.0500. The van der Waals surface area contributed by atoms with Gasteiger partial charge < -0.3 is 5.11 Å². The van der Waals surface area contributed by atoms with Crippen LogP contribution in [0.1, 0.15) is 15.9 Å². The van der Waals surface area contributed by atoms with Crippen LogP contribution in [-0.2, 0) is 15.9 Å². The van der Waals surface area contributed by atoms with E-state index in [-0.39, 0.29) is 10.5 Å². The van der Waals surface area contributed by atoms with Crippen molar-refractivity contribution >= 4 is 39.1 Å². The third-order valence-electron chi connectivity index (χ3n) is 4.72. The van der Waals surface area contributed by atoms with Gasteiger partial charge >= 0.3 is 0 Å². The average Bonchev–Trinajstić information content (AvgIpc) is 2.91. The van der Waals surface area contributed by atoms with Crippen molar-refractivity contribution < 1.29 is 18.3 Å². The number of sulfonamides is 1. The zero-order valence-electron chi connectivity index (χ0n) is 14.9. The third-order valence-corrected chi connectivity index (χ3v) is 6.04. The molecule has 1 aliphatic rings. The molecule has 9 heteroatoms. The van der Waals surface area contributed by atoms with Crippen molar-refractivity contribution in [1.29, 1.82) is 0 Å². The van der Waals surface area contributed by atoms with Crippen molar-refractivity contribution in [2.24, 2.45) is 5.14 Å². The van der Waals surface area contributed by atoms with Gasteiger partial charge in [-0.1, -0.05) is 36.4 Å². The Morgan fingerprint density at radius 3 is 2.07 bits per heavy atom. The summed E-state index contributed by atoms with van der Waals surface area (Å²) in [7, 11) is -3.88. The molecule has 29 heavy (non-hydrogen) atoms. The van der Waals surface area contributed by atoms with E-state index in [1.807, 2.05) is 6.07 Å². The minimum absolute atomic E-state index is 0.0770. The first-order valence-electron chi connectivity index (χ1n) is 8.55. The molecule has 3 aromatic rings. The van der Waals surface area contributed by atoms with Gasteiger partial charge in [0.25, 0.3) is 11.8 Å². The van der Waals surface area contributed by atoms with Gasteiger partial charge in [-0.05, 0) is 42.5 Å². The van der Waals surface area contributed by atoms with E-state index >= 15 is 0 Å². The van der Waals surface area contributed by atoms with Crippen LogP contribution >= 0.6 is 11.8 Å². The van der Waals surface area contributed by atoms with E-state index in [1.165, 1.54) is 29.2 Å². The number of nitrogens with two attached hydrogens (primary N) is 1. The Balaban J connectivity index is 1.95. The number of halogens is 1. The lowest BCUT2D eigenvalue weighted by atomic mass is 10.0. The molecule has 4 rings (SSSR count). The van der Waals surface area contributed by atoms with E-state index in [2.05, 4.69) is 0 Å². The molecule has 3 N–H and O–H groups in total. The van der Waals surface area contributed by atoms with Crippen LogP contribution in [0.4, 0.5) is 11.4 Å². The Morgan fingerprint density at radius 2 is 1.45 bits per heavy atom. The number of primary sulfonamides is 1. The van der Waals surface area contributed by atoms with Crippen LogP contribution in [0.5, 0.6) is 0 Å². The van der Waals surface area contributed by atoms with Crippen molar-refractivity contribution in [3.8, 4) is 0 Å². The molecule has 0 saturated heterocycles. The van der Waals surface area contributed by atoms with Crippen molar-refractivity contribution in [3.05, 3.63) is 90.0 Å². The van der Waals surface area contributed by atoms with E-state index in [1.54, 1.807) is 48.5 Å². The molecule has 0 fully saturated rings. The van der Waals surface area contributed by atoms with Gasteiger partial charge in [-0.3, -0.25) is 9.69 Å². The summed E-state index contributed by atoms with van der Waals surface area (Å²) in [5.74, 6) is -2.59. The molecule has 1 heterocycles. The fourth-order valence-electron chi connectivity index (χ4n) is 3.39. The molecule has 0 radical (unpaired) electrons. The summed E-state index contributed by atoms with van der Waals surface area (Å²) in [4.78, 5) is 14.1. The van der Waals surface area contributed by atoms with Gasteiger partial charge in [0.2, 0.25) is 10.0 Å². The lowest BCUT2D eigenvalue weighted by molar-refractivity contribution is -0.0363. The molecule has 0 bridgehead atoms. The first-order valence-corrected chi connectivity index (χ1v) is 10.4. The number of amides is 1. The normalized spacial score (nSPS) is 18.6. The fourth-order valence-corrected chi connectivity index (χ4v) is 4.17. The number of carbonyl (C=O) groups excluding carboxylic acids is 1. The minimum Gasteiger partial charge on any atom is -0.349 e. The molecule has 1 unspecified atom stereocenters. The van der Waals surface area contributed by atoms with Gasteiger partial charge in [0.1, 0.15) is 0 Å². The van der Waals surface area contributed by atoms with Crippen LogP contribution in [0.3, 0.4) is 0 Å². The van der Waals surface area contributed by atoms with E-state index in [9.17, 15) is 18.3 Å². The first-order chi connectivity index (χ1) is 13.7.